The first-order valence-corrected chi connectivity index (χ1v) is 8.14. The minimum absolute atomic E-state index is 0.0744. The van der Waals surface area contributed by atoms with Gasteiger partial charge in [-0.15, -0.1) is 0 Å². The lowest BCUT2D eigenvalue weighted by Crippen LogP contribution is -2.42. The van der Waals surface area contributed by atoms with Gasteiger partial charge in [0.05, 0.1) is 12.0 Å². The van der Waals surface area contributed by atoms with E-state index in [4.69, 9.17) is 0 Å². The Balaban J connectivity index is 4.52. The highest BCUT2D eigenvalue weighted by atomic mass is 32.2. The molecule has 0 aliphatic carbocycles. The average Bonchev–Trinajstić information content (AvgIpc) is 2.41. The highest BCUT2D eigenvalue weighted by molar-refractivity contribution is 8.13. The molecule has 4 nitrogen and oxygen atoms in total. The molecule has 0 aromatic heterocycles. The Hall–Kier alpha value is -0.880. The summed E-state index contributed by atoms with van der Waals surface area (Å²) in [4.78, 5) is 22.8. The lowest BCUT2D eigenvalue weighted by Gasteiger charge is -2.30. The van der Waals surface area contributed by atoms with Gasteiger partial charge in [0, 0.05) is 25.6 Å². The van der Waals surface area contributed by atoms with E-state index in [1.165, 1.54) is 13.8 Å². The Kier molecular flexibility index (Phi) is 9.53. The van der Waals surface area contributed by atoms with Crippen LogP contribution in [0.15, 0.2) is 12.2 Å². The Morgan fingerprint density at radius 1 is 1.48 bits per heavy atom. The van der Waals surface area contributed by atoms with E-state index in [2.05, 4.69) is 5.32 Å². The number of allylic oxidation sites excluding steroid dienone is 2. The van der Waals surface area contributed by atoms with Crippen molar-refractivity contribution in [3.8, 4) is 0 Å². The number of carbonyl (C=O) groups excluding carboxylic acids is 2. The van der Waals surface area contributed by atoms with E-state index in [0.29, 0.717) is 18.7 Å². The first kappa shape index (κ1) is 20.1. The zero-order valence-electron chi connectivity index (χ0n) is 13.2. The highest BCUT2D eigenvalue weighted by Crippen LogP contribution is 2.30. The van der Waals surface area contributed by atoms with Crippen LogP contribution in [0.4, 0.5) is 4.39 Å². The molecule has 0 bridgehead atoms. The van der Waals surface area contributed by atoms with E-state index in [0.717, 1.165) is 11.8 Å². The highest BCUT2D eigenvalue weighted by Gasteiger charge is 2.39. The molecule has 21 heavy (non-hydrogen) atoms. The maximum absolute atomic E-state index is 14.4. The van der Waals surface area contributed by atoms with Crippen LogP contribution in [-0.2, 0) is 9.59 Å². The second-order valence-corrected chi connectivity index (χ2v) is 6.26. The van der Waals surface area contributed by atoms with Crippen molar-refractivity contribution in [2.75, 3.05) is 12.3 Å². The third kappa shape index (κ3) is 7.62. The van der Waals surface area contributed by atoms with Gasteiger partial charge >= 0.3 is 0 Å². The van der Waals surface area contributed by atoms with Crippen LogP contribution < -0.4 is 5.32 Å². The summed E-state index contributed by atoms with van der Waals surface area (Å²) in [6.45, 7) is 6.63. The summed E-state index contributed by atoms with van der Waals surface area (Å²) in [6.07, 6.45) is 2.48. The van der Waals surface area contributed by atoms with Crippen LogP contribution in [0.2, 0.25) is 0 Å². The molecule has 0 aromatic rings. The number of halogens is 1. The van der Waals surface area contributed by atoms with Crippen LogP contribution in [-0.4, -0.2) is 40.2 Å². The quantitative estimate of drug-likeness (QED) is 0.506. The van der Waals surface area contributed by atoms with E-state index in [1.807, 2.05) is 0 Å². The summed E-state index contributed by atoms with van der Waals surface area (Å²) in [5.41, 5.74) is -1.83. The van der Waals surface area contributed by atoms with Crippen LogP contribution >= 0.6 is 11.8 Å². The van der Waals surface area contributed by atoms with E-state index >= 15 is 0 Å². The molecular weight excluding hydrogens is 293 g/mol. The second-order valence-electron chi connectivity index (χ2n) is 5.16. The maximum Gasteiger partial charge on any atom is 0.216 e. The molecule has 6 heteroatoms. The maximum atomic E-state index is 14.4. The number of thioether (sulfide) groups is 1. The lowest BCUT2D eigenvalue weighted by atomic mass is 9.86. The van der Waals surface area contributed by atoms with Gasteiger partial charge in [0.15, 0.2) is 5.12 Å². The molecule has 2 N–H and O–H groups in total. The Morgan fingerprint density at radius 3 is 2.57 bits per heavy atom. The standard InChI is InChI=1S/C15H26FNO3S/c1-5-7-8-15(4,16)13(19)12(6-2)14(20)21-10-9-17-11(3)18/h5,7,12-13,19H,6,8-10H2,1-4H3,(H,17,18)/b7-5+/t12-,13+,15-/m1/s1. The van der Waals surface area contributed by atoms with Gasteiger partial charge in [-0.2, -0.15) is 0 Å². The topological polar surface area (TPSA) is 66.4 Å². The zero-order chi connectivity index (χ0) is 16.5. The predicted molar refractivity (Wildman–Crippen MR) is 84.9 cm³/mol. The minimum atomic E-state index is -1.83. The molecule has 122 valence electrons. The van der Waals surface area contributed by atoms with E-state index < -0.39 is 17.7 Å². The van der Waals surface area contributed by atoms with Crippen molar-refractivity contribution in [3.63, 3.8) is 0 Å². The fourth-order valence-electron chi connectivity index (χ4n) is 1.89. The number of hydrogen-bond acceptors (Lipinski definition) is 4. The molecule has 1 amide bonds. The number of hydrogen-bond donors (Lipinski definition) is 2. The van der Waals surface area contributed by atoms with Gasteiger partial charge in [0.25, 0.3) is 0 Å². The Bertz CT molecular complexity index is 372. The monoisotopic (exact) mass is 319 g/mol. The van der Waals surface area contributed by atoms with Crippen LogP contribution in [0.3, 0.4) is 0 Å². The summed E-state index contributed by atoms with van der Waals surface area (Å²) < 4.78 is 14.4. The van der Waals surface area contributed by atoms with Gasteiger partial charge in [-0.25, -0.2) is 4.39 Å². The van der Waals surface area contributed by atoms with E-state index in [9.17, 15) is 19.1 Å². The van der Waals surface area contributed by atoms with Gasteiger partial charge in [0.1, 0.15) is 5.67 Å². The zero-order valence-corrected chi connectivity index (χ0v) is 14.0. The van der Waals surface area contributed by atoms with Crippen molar-refractivity contribution < 1.29 is 19.1 Å². The van der Waals surface area contributed by atoms with Crippen LogP contribution in [0.25, 0.3) is 0 Å². The van der Waals surface area contributed by atoms with E-state index in [1.54, 1.807) is 26.0 Å². The van der Waals surface area contributed by atoms with Crippen LogP contribution in [0, 0.1) is 5.92 Å². The molecule has 0 aliphatic heterocycles. The minimum Gasteiger partial charge on any atom is -0.389 e. The number of rotatable bonds is 9. The molecule has 0 saturated heterocycles. The van der Waals surface area contributed by atoms with Crippen molar-refractivity contribution in [1.29, 1.82) is 0 Å². The molecule has 0 rings (SSSR count). The third-order valence-electron chi connectivity index (χ3n) is 3.21. The van der Waals surface area contributed by atoms with Crippen molar-refractivity contribution >= 4 is 22.8 Å². The molecule has 0 spiro atoms. The number of alkyl halides is 1. The fraction of sp³-hybridized carbons (Fsp3) is 0.733. The van der Waals surface area contributed by atoms with Gasteiger partial charge < -0.3 is 10.4 Å². The van der Waals surface area contributed by atoms with Crippen molar-refractivity contribution in [3.05, 3.63) is 12.2 Å². The predicted octanol–water partition coefficient (Wildman–Crippen LogP) is 2.46. The molecule has 0 heterocycles. The van der Waals surface area contributed by atoms with Gasteiger partial charge in [-0.1, -0.05) is 30.8 Å². The molecule has 0 aromatic carbocycles. The summed E-state index contributed by atoms with van der Waals surface area (Å²) in [5.74, 6) is -0.482. The molecule has 0 unspecified atom stereocenters. The number of amides is 1. The summed E-state index contributed by atoms with van der Waals surface area (Å²) >= 11 is 1.02. The van der Waals surface area contributed by atoms with Crippen molar-refractivity contribution in [2.24, 2.45) is 5.92 Å². The number of nitrogens with one attached hydrogen (secondary N) is 1. The molecule has 3 atom stereocenters. The van der Waals surface area contributed by atoms with Crippen molar-refractivity contribution in [2.45, 2.75) is 52.3 Å². The first-order chi connectivity index (χ1) is 9.76. The number of aliphatic hydroxyl groups is 1. The molecule has 0 aliphatic rings. The first-order valence-electron chi connectivity index (χ1n) is 7.15. The number of carbonyl (C=O) groups is 2. The normalized spacial score (nSPS) is 17.2. The fourth-order valence-corrected chi connectivity index (χ4v) is 2.81. The SMILES string of the molecule is C/C=C/C[C@@](C)(F)[C@@H](O)[C@@H](CC)C(=O)SCCNC(C)=O. The van der Waals surface area contributed by atoms with Crippen LogP contribution in [0.5, 0.6) is 0 Å². The molecule has 0 radical (unpaired) electrons. The average molecular weight is 319 g/mol. The summed E-state index contributed by atoms with van der Waals surface area (Å²) in [5, 5.41) is 12.5. The number of aliphatic hydroxyl groups excluding tert-OH is 1. The molecule has 0 fully saturated rings. The lowest BCUT2D eigenvalue weighted by molar-refractivity contribution is -0.123. The smallest absolute Gasteiger partial charge is 0.216 e. The Labute approximate surface area is 130 Å². The summed E-state index contributed by atoms with van der Waals surface area (Å²) in [7, 11) is 0. The van der Waals surface area contributed by atoms with Crippen molar-refractivity contribution in [1.82, 2.24) is 5.32 Å². The molecular formula is C15H26FNO3S. The summed E-state index contributed by atoms with van der Waals surface area (Å²) in [6, 6.07) is 0. The van der Waals surface area contributed by atoms with Gasteiger partial charge in [-0.3, -0.25) is 9.59 Å². The second kappa shape index (κ2) is 9.95. The van der Waals surface area contributed by atoms with E-state index in [-0.39, 0.29) is 17.4 Å². The van der Waals surface area contributed by atoms with Crippen LogP contribution in [0.1, 0.15) is 40.5 Å². The molecule has 0 saturated carbocycles. The third-order valence-corrected chi connectivity index (χ3v) is 4.21. The van der Waals surface area contributed by atoms with Gasteiger partial charge in [-0.05, 0) is 20.3 Å². The van der Waals surface area contributed by atoms with Gasteiger partial charge in [0.2, 0.25) is 5.91 Å². The largest absolute Gasteiger partial charge is 0.389 e. The Morgan fingerprint density at radius 2 is 2.10 bits per heavy atom.